The molecule has 3 aromatic rings. The van der Waals surface area contributed by atoms with Gasteiger partial charge in [-0.3, -0.25) is 9.59 Å². The fourth-order valence-electron chi connectivity index (χ4n) is 3.99. The number of para-hydroxylation sites is 1. The largest absolute Gasteiger partial charge is 0.372 e. The molecule has 8 heteroatoms. The molecule has 1 fully saturated rings. The van der Waals surface area contributed by atoms with Gasteiger partial charge < -0.3 is 19.5 Å². The second-order valence-corrected chi connectivity index (χ2v) is 9.50. The first-order valence-corrected chi connectivity index (χ1v) is 11.9. The maximum absolute atomic E-state index is 13.0. The summed E-state index contributed by atoms with van der Waals surface area (Å²) >= 11 is 7.44. The van der Waals surface area contributed by atoms with Crippen molar-refractivity contribution in [3.8, 4) is 0 Å². The Bertz CT molecular complexity index is 1120. The molecular weight excluding hydrogens is 446 g/mol. The Hall–Kier alpha value is -2.48. The number of amides is 2. The lowest BCUT2D eigenvalue weighted by Gasteiger charge is -2.35. The normalized spacial score (nSPS) is 18.7. The van der Waals surface area contributed by atoms with Gasteiger partial charge in [-0.25, -0.2) is 0 Å². The Labute approximate surface area is 196 Å². The number of morpholine rings is 1. The van der Waals surface area contributed by atoms with E-state index in [9.17, 15) is 9.59 Å². The fraction of sp³-hybridized carbons (Fsp3) is 0.333. The van der Waals surface area contributed by atoms with Crippen molar-refractivity contribution in [2.45, 2.75) is 37.5 Å². The van der Waals surface area contributed by atoms with Crippen LogP contribution in [0.15, 0.2) is 59.6 Å². The smallest absolute Gasteiger partial charge is 0.242 e. The van der Waals surface area contributed by atoms with E-state index in [0.717, 1.165) is 15.8 Å². The van der Waals surface area contributed by atoms with Gasteiger partial charge in [0.25, 0.3) is 0 Å². The maximum atomic E-state index is 13.0. The van der Waals surface area contributed by atoms with Crippen LogP contribution in [0.2, 0.25) is 5.02 Å². The van der Waals surface area contributed by atoms with Crippen molar-refractivity contribution < 1.29 is 14.3 Å². The molecule has 168 valence electrons. The Morgan fingerprint density at radius 3 is 2.62 bits per heavy atom. The zero-order chi connectivity index (χ0) is 22.7. The molecule has 0 radical (unpaired) electrons. The minimum Gasteiger partial charge on any atom is -0.372 e. The third-order valence-corrected chi connectivity index (χ3v) is 6.58. The molecule has 0 saturated carbocycles. The number of ether oxygens (including phenoxy) is 1. The number of thioether (sulfide) groups is 1. The average molecular weight is 472 g/mol. The van der Waals surface area contributed by atoms with Crippen LogP contribution in [0.4, 0.5) is 5.69 Å². The highest BCUT2D eigenvalue weighted by Crippen LogP contribution is 2.30. The van der Waals surface area contributed by atoms with Crippen LogP contribution in [0.25, 0.3) is 10.9 Å². The number of hydrogen-bond acceptors (Lipinski definition) is 4. The van der Waals surface area contributed by atoms with Crippen molar-refractivity contribution in [1.29, 1.82) is 0 Å². The van der Waals surface area contributed by atoms with Crippen LogP contribution in [0.1, 0.15) is 13.8 Å². The van der Waals surface area contributed by atoms with Gasteiger partial charge in [0.2, 0.25) is 11.8 Å². The molecule has 0 spiro atoms. The number of halogens is 1. The highest BCUT2D eigenvalue weighted by molar-refractivity contribution is 8.00. The third kappa shape index (κ3) is 5.46. The molecule has 2 aromatic carbocycles. The Kier molecular flexibility index (Phi) is 7.08. The molecule has 6 nitrogen and oxygen atoms in total. The third-order valence-electron chi connectivity index (χ3n) is 5.30. The van der Waals surface area contributed by atoms with E-state index < -0.39 is 0 Å². The van der Waals surface area contributed by atoms with Crippen LogP contribution < -0.4 is 5.32 Å². The first-order valence-electron chi connectivity index (χ1n) is 10.6. The molecule has 4 rings (SSSR count). The van der Waals surface area contributed by atoms with Crippen LogP contribution >= 0.6 is 23.4 Å². The number of carbonyl (C=O) groups excluding carboxylic acids is 2. The molecular formula is C24H26ClN3O3S. The molecule has 0 bridgehead atoms. The summed E-state index contributed by atoms with van der Waals surface area (Å²) in [5.74, 6) is 0.219. The van der Waals surface area contributed by atoms with Gasteiger partial charge in [0, 0.05) is 45.8 Å². The summed E-state index contributed by atoms with van der Waals surface area (Å²) in [4.78, 5) is 28.3. The summed E-state index contributed by atoms with van der Waals surface area (Å²) in [6, 6.07) is 15.0. The number of fused-ring (bicyclic) bond motifs is 1. The molecule has 2 atom stereocenters. The van der Waals surface area contributed by atoms with E-state index in [1.807, 2.05) is 53.8 Å². The standard InChI is InChI=1S/C24H26ClN3O3S/c1-16-11-28(12-17(2)31-16)24(30)14-27-13-22(20-8-3-4-9-21(20)27)32-15-23(29)26-19-7-5-6-18(25)10-19/h3-10,13,16-17H,11-12,14-15H2,1-2H3,(H,26,29)/t16-,17-/m1/s1. The lowest BCUT2D eigenvalue weighted by molar-refractivity contribution is -0.143. The van der Waals surface area contributed by atoms with Gasteiger partial charge in [0.15, 0.2) is 0 Å². The van der Waals surface area contributed by atoms with Gasteiger partial charge >= 0.3 is 0 Å². The van der Waals surface area contributed by atoms with Crippen LogP contribution in [0, 0.1) is 0 Å². The minimum absolute atomic E-state index is 0.0354. The Balaban J connectivity index is 1.45. The predicted molar refractivity (Wildman–Crippen MR) is 129 cm³/mol. The molecule has 32 heavy (non-hydrogen) atoms. The molecule has 1 aliphatic heterocycles. The van der Waals surface area contributed by atoms with E-state index in [-0.39, 0.29) is 36.3 Å². The number of rotatable bonds is 6. The first kappa shape index (κ1) is 22.7. The van der Waals surface area contributed by atoms with Gasteiger partial charge in [-0.2, -0.15) is 0 Å². The number of hydrogen-bond donors (Lipinski definition) is 1. The van der Waals surface area contributed by atoms with Crippen LogP contribution in [-0.2, 0) is 20.9 Å². The summed E-state index contributed by atoms with van der Waals surface area (Å²) in [5.41, 5.74) is 1.65. The van der Waals surface area contributed by atoms with E-state index in [1.165, 1.54) is 11.8 Å². The second-order valence-electron chi connectivity index (χ2n) is 8.04. The van der Waals surface area contributed by atoms with E-state index in [4.69, 9.17) is 16.3 Å². The monoisotopic (exact) mass is 471 g/mol. The van der Waals surface area contributed by atoms with Gasteiger partial charge in [0.05, 0.1) is 18.0 Å². The molecule has 0 aliphatic carbocycles. The summed E-state index contributed by atoms with van der Waals surface area (Å²) in [7, 11) is 0. The minimum atomic E-state index is -0.110. The molecule has 1 N–H and O–H groups in total. The van der Waals surface area contributed by atoms with Crippen molar-refractivity contribution in [2.75, 3.05) is 24.2 Å². The highest BCUT2D eigenvalue weighted by Gasteiger charge is 2.26. The zero-order valence-corrected chi connectivity index (χ0v) is 19.7. The molecule has 2 heterocycles. The molecule has 0 unspecified atom stereocenters. The topological polar surface area (TPSA) is 63.6 Å². The zero-order valence-electron chi connectivity index (χ0n) is 18.1. The lowest BCUT2D eigenvalue weighted by atomic mass is 10.2. The predicted octanol–water partition coefficient (Wildman–Crippen LogP) is 4.66. The van der Waals surface area contributed by atoms with Gasteiger partial charge in [0.1, 0.15) is 6.54 Å². The van der Waals surface area contributed by atoms with Crippen molar-refractivity contribution in [3.05, 3.63) is 59.8 Å². The second kappa shape index (κ2) is 9.98. The summed E-state index contributed by atoms with van der Waals surface area (Å²) in [6.45, 7) is 5.45. The SMILES string of the molecule is C[C@@H]1CN(C(=O)Cn2cc(SCC(=O)Nc3cccc(Cl)c3)c3ccccc32)C[C@@H](C)O1. The van der Waals surface area contributed by atoms with E-state index in [1.54, 1.807) is 24.3 Å². The molecule has 1 saturated heterocycles. The van der Waals surface area contributed by atoms with E-state index >= 15 is 0 Å². The number of nitrogens with zero attached hydrogens (tertiary/aromatic N) is 2. The van der Waals surface area contributed by atoms with Crippen LogP contribution in [0.3, 0.4) is 0 Å². The van der Waals surface area contributed by atoms with E-state index in [0.29, 0.717) is 23.8 Å². The first-order chi connectivity index (χ1) is 15.4. The number of aromatic nitrogens is 1. The molecule has 1 aromatic heterocycles. The fourth-order valence-corrected chi connectivity index (χ4v) is 5.07. The van der Waals surface area contributed by atoms with Crippen molar-refractivity contribution >= 4 is 51.8 Å². The lowest BCUT2D eigenvalue weighted by Crippen LogP contribution is -2.49. The molecule has 2 amide bonds. The average Bonchev–Trinajstić information content (AvgIpc) is 3.09. The van der Waals surface area contributed by atoms with Gasteiger partial charge in [-0.05, 0) is 38.1 Å². The molecule has 1 aliphatic rings. The number of anilines is 1. The van der Waals surface area contributed by atoms with Crippen molar-refractivity contribution in [3.63, 3.8) is 0 Å². The summed E-state index contributed by atoms with van der Waals surface area (Å²) < 4.78 is 7.72. The van der Waals surface area contributed by atoms with Gasteiger partial charge in [-0.15, -0.1) is 11.8 Å². The number of benzene rings is 2. The van der Waals surface area contributed by atoms with Crippen molar-refractivity contribution in [1.82, 2.24) is 9.47 Å². The maximum Gasteiger partial charge on any atom is 0.242 e. The summed E-state index contributed by atoms with van der Waals surface area (Å²) in [6.07, 6.45) is 2.04. The number of carbonyl (C=O) groups is 2. The quantitative estimate of drug-likeness (QED) is 0.531. The van der Waals surface area contributed by atoms with E-state index in [2.05, 4.69) is 5.32 Å². The van der Waals surface area contributed by atoms with Gasteiger partial charge in [-0.1, -0.05) is 35.9 Å². The Morgan fingerprint density at radius 1 is 1.12 bits per heavy atom. The number of nitrogens with one attached hydrogen (secondary N) is 1. The van der Waals surface area contributed by atoms with Crippen molar-refractivity contribution in [2.24, 2.45) is 0 Å². The highest BCUT2D eigenvalue weighted by atomic mass is 35.5. The van der Waals surface area contributed by atoms with Crippen LogP contribution in [-0.4, -0.2) is 52.3 Å². The Morgan fingerprint density at radius 2 is 1.88 bits per heavy atom. The van der Waals surface area contributed by atoms with Crippen LogP contribution in [0.5, 0.6) is 0 Å². The summed E-state index contributed by atoms with van der Waals surface area (Å²) in [5, 5.41) is 4.48.